The molecule has 3 fully saturated rings. The predicted octanol–water partition coefficient (Wildman–Crippen LogP) is 5.57. The molecule has 2 aromatic carbocycles. The molecule has 6 rings (SSSR count). The number of benzene rings is 2. The highest BCUT2D eigenvalue weighted by molar-refractivity contribution is 5.98. The number of fused-ring (bicyclic) bond motifs is 4. The monoisotopic (exact) mass is 420 g/mol. The summed E-state index contributed by atoms with van der Waals surface area (Å²) in [4.78, 5) is 14.5. The van der Waals surface area contributed by atoms with Crippen molar-refractivity contribution in [1.82, 2.24) is 4.90 Å². The fourth-order valence-electron chi connectivity index (χ4n) is 5.78. The maximum atomic E-state index is 12.7. The van der Waals surface area contributed by atoms with E-state index in [0.29, 0.717) is 24.3 Å². The van der Waals surface area contributed by atoms with Crippen molar-refractivity contribution in [3.05, 3.63) is 70.5 Å². The molecule has 0 radical (unpaired) electrons. The highest BCUT2D eigenvalue weighted by atomic mass is 19.1. The smallest absolute Gasteiger partial charge is 0.165 e. The van der Waals surface area contributed by atoms with Crippen molar-refractivity contribution >= 4 is 5.78 Å². The van der Waals surface area contributed by atoms with Gasteiger partial charge in [-0.1, -0.05) is 37.1 Å². The van der Waals surface area contributed by atoms with Gasteiger partial charge in [-0.05, 0) is 97.8 Å². The average molecular weight is 421 g/mol. The Balaban J connectivity index is 0.000000132. The fourth-order valence-corrected chi connectivity index (χ4v) is 5.78. The molecule has 4 heteroatoms. The van der Waals surface area contributed by atoms with Crippen LogP contribution in [-0.2, 0) is 0 Å². The molecule has 164 valence electrons. The van der Waals surface area contributed by atoms with Gasteiger partial charge in [0.2, 0.25) is 0 Å². The molecule has 3 nitrogen and oxygen atoms in total. The number of nitrogens with two attached hydrogens (primary N) is 1. The summed E-state index contributed by atoms with van der Waals surface area (Å²) in [6, 6.07) is 13.3. The van der Waals surface area contributed by atoms with E-state index < -0.39 is 0 Å². The van der Waals surface area contributed by atoms with Crippen molar-refractivity contribution in [2.45, 2.75) is 62.7 Å². The van der Waals surface area contributed by atoms with Crippen molar-refractivity contribution in [2.24, 2.45) is 11.7 Å². The van der Waals surface area contributed by atoms with Gasteiger partial charge in [-0.15, -0.1) is 0 Å². The summed E-state index contributed by atoms with van der Waals surface area (Å²) in [5, 5.41) is 0. The van der Waals surface area contributed by atoms with E-state index in [9.17, 15) is 9.18 Å². The van der Waals surface area contributed by atoms with Crippen molar-refractivity contribution < 1.29 is 9.18 Å². The van der Waals surface area contributed by atoms with Crippen LogP contribution in [0.4, 0.5) is 4.39 Å². The van der Waals surface area contributed by atoms with Crippen molar-refractivity contribution in [1.29, 1.82) is 0 Å². The second-order valence-electron chi connectivity index (χ2n) is 9.76. The second-order valence-corrected chi connectivity index (χ2v) is 9.76. The minimum absolute atomic E-state index is 0.154. The third-order valence-electron chi connectivity index (χ3n) is 7.87. The molecular formula is C27H33FN2O. The Morgan fingerprint density at radius 2 is 1.61 bits per heavy atom. The lowest BCUT2D eigenvalue weighted by Gasteiger charge is -2.30. The molecule has 3 aliphatic carbocycles. The molecule has 2 saturated carbocycles. The Hall–Kier alpha value is -2.04. The zero-order valence-corrected chi connectivity index (χ0v) is 18.2. The highest BCUT2D eigenvalue weighted by Crippen LogP contribution is 2.65. The second kappa shape index (κ2) is 8.84. The zero-order valence-electron chi connectivity index (χ0n) is 18.2. The third kappa shape index (κ3) is 4.33. The number of carbonyl (C=O) groups excluding carboxylic acids is 1. The van der Waals surface area contributed by atoms with Gasteiger partial charge in [0.1, 0.15) is 5.82 Å². The van der Waals surface area contributed by atoms with Gasteiger partial charge in [0, 0.05) is 18.2 Å². The standard InChI is InChI=1S/C15H16O.C12H17FN2/c16-15(9-3-1-2-4-9)10-5-6-11-12(7-10)14-8-13(11)14;13-12-3-1-10(2-4-12)11-5-7-15(9-14)8-6-11/h5-7,9,13-14H,1-4,8H2;1-4,11H,5-9,14H2. The summed E-state index contributed by atoms with van der Waals surface area (Å²) in [5.74, 6) is 2.85. The predicted molar refractivity (Wildman–Crippen MR) is 122 cm³/mol. The molecule has 1 saturated heterocycles. The van der Waals surface area contributed by atoms with E-state index in [-0.39, 0.29) is 5.82 Å². The van der Waals surface area contributed by atoms with Gasteiger partial charge < -0.3 is 5.73 Å². The van der Waals surface area contributed by atoms with Gasteiger partial charge in [-0.2, -0.15) is 0 Å². The van der Waals surface area contributed by atoms with Crippen LogP contribution in [0.5, 0.6) is 0 Å². The van der Waals surface area contributed by atoms with E-state index in [4.69, 9.17) is 5.73 Å². The Bertz CT molecular complexity index is 927. The summed E-state index contributed by atoms with van der Waals surface area (Å²) >= 11 is 0. The molecule has 0 spiro atoms. The summed E-state index contributed by atoms with van der Waals surface area (Å²) in [6.07, 6.45) is 8.31. The van der Waals surface area contributed by atoms with Crippen LogP contribution in [0, 0.1) is 11.7 Å². The van der Waals surface area contributed by atoms with Gasteiger partial charge in [0.15, 0.2) is 5.78 Å². The lowest BCUT2D eigenvalue weighted by Crippen LogP contribution is -2.36. The van der Waals surface area contributed by atoms with Crippen LogP contribution in [0.2, 0.25) is 0 Å². The van der Waals surface area contributed by atoms with Gasteiger partial charge >= 0.3 is 0 Å². The van der Waals surface area contributed by atoms with E-state index in [1.54, 1.807) is 12.1 Å². The number of carbonyl (C=O) groups is 1. The topological polar surface area (TPSA) is 46.3 Å². The minimum Gasteiger partial charge on any atom is -0.318 e. The number of ketones is 1. The van der Waals surface area contributed by atoms with Crippen LogP contribution in [0.25, 0.3) is 0 Å². The van der Waals surface area contributed by atoms with Gasteiger partial charge in [0.25, 0.3) is 0 Å². The van der Waals surface area contributed by atoms with Gasteiger partial charge in [-0.3, -0.25) is 9.69 Å². The van der Waals surface area contributed by atoms with Crippen LogP contribution in [-0.4, -0.2) is 30.4 Å². The number of hydrogen-bond donors (Lipinski definition) is 1. The molecule has 1 heterocycles. The average Bonchev–Trinajstić information content (AvgIpc) is 3.26. The van der Waals surface area contributed by atoms with Crippen LogP contribution in [0.1, 0.15) is 89.7 Å². The quantitative estimate of drug-likeness (QED) is 0.658. The van der Waals surface area contributed by atoms with Gasteiger partial charge in [-0.25, -0.2) is 4.39 Å². The molecule has 31 heavy (non-hydrogen) atoms. The number of likely N-dealkylation sites (tertiary alicyclic amines) is 1. The number of nitrogens with zero attached hydrogens (tertiary/aromatic N) is 1. The van der Waals surface area contributed by atoms with Crippen LogP contribution in [0.3, 0.4) is 0 Å². The lowest BCUT2D eigenvalue weighted by molar-refractivity contribution is 0.0922. The van der Waals surface area contributed by atoms with Gasteiger partial charge in [0.05, 0.1) is 0 Å². The summed E-state index contributed by atoms with van der Waals surface area (Å²) < 4.78 is 12.7. The molecule has 0 aromatic heterocycles. The molecule has 4 aliphatic rings. The summed E-state index contributed by atoms with van der Waals surface area (Å²) in [7, 11) is 0. The van der Waals surface area contributed by atoms with E-state index in [1.807, 2.05) is 12.1 Å². The Labute approximate surface area is 184 Å². The molecule has 2 aromatic rings. The van der Waals surface area contributed by atoms with Crippen LogP contribution >= 0.6 is 0 Å². The SMILES string of the molecule is NCN1CCC(c2ccc(F)cc2)CC1.O=C(c1ccc2c(c1)C1CC21)C1CCCC1. The third-order valence-corrected chi connectivity index (χ3v) is 7.87. The largest absolute Gasteiger partial charge is 0.318 e. The first kappa shape index (κ1) is 20.8. The molecule has 2 N–H and O–H groups in total. The van der Waals surface area contributed by atoms with Crippen LogP contribution < -0.4 is 5.73 Å². The molecule has 0 bridgehead atoms. The first-order chi connectivity index (χ1) is 15.1. The number of Topliss-reactive ketones (excluding diaryl/α,β-unsaturated/α-hetero) is 1. The first-order valence-electron chi connectivity index (χ1n) is 12.0. The first-order valence-corrected chi connectivity index (χ1v) is 12.0. The van der Waals surface area contributed by atoms with E-state index in [0.717, 1.165) is 56.2 Å². The minimum atomic E-state index is -0.154. The van der Waals surface area contributed by atoms with Crippen molar-refractivity contribution in [3.63, 3.8) is 0 Å². The van der Waals surface area contributed by atoms with E-state index in [2.05, 4.69) is 23.1 Å². The number of piperidine rings is 1. The Morgan fingerprint density at radius 1 is 0.935 bits per heavy atom. The number of halogens is 1. The highest BCUT2D eigenvalue weighted by Gasteiger charge is 2.50. The van der Waals surface area contributed by atoms with Crippen molar-refractivity contribution in [2.75, 3.05) is 19.8 Å². The zero-order chi connectivity index (χ0) is 21.4. The lowest BCUT2D eigenvalue weighted by atomic mass is 9.85. The normalized spacial score (nSPS) is 25.1. The van der Waals surface area contributed by atoms with E-state index >= 15 is 0 Å². The Kier molecular flexibility index (Phi) is 5.94. The summed E-state index contributed by atoms with van der Waals surface area (Å²) in [6.45, 7) is 2.76. The molecule has 2 atom stereocenters. The maximum Gasteiger partial charge on any atom is 0.165 e. The summed E-state index contributed by atoms with van der Waals surface area (Å²) in [5.41, 5.74) is 10.8. The number of rotatable bonds is 4. The van der Waals surface area contributed by atoms with Crippen LogP contribution in [0.15, 0.2) is 42.5 Å². The molecular weight excluding hydrogens is 387 g/mol. The molecule has 0 amide bonds. The van der Waals surface area contributed by atoms with E-state index in [1.165, 1.54) is 36.0 Å². The van der Waals surface area contributed by atoms with Crippen molar-refractivity contribution in [3.8, 4) is 0 Å². The Morgan fingerprint density at radius 3 is 2.29 bits per heavy atom. The maximum absolute atomic E-state index is 12.7. The number of hydrogen-bond acceptors (Lipinski definition) is 3. The molecule has 2 unspecified atom stereocenters. The molecule has 1 aliphatic heterocycles. The fraction of sp³-hybridized carbons (Fsp3) is 0.519.